The Morgan fingerprint density at radius 1 is 1.10 bits per heavy atom. The molecule has 1 heterocycles. The highest BCUT2D eigenvalue weighted by Gasteiger charge is 2.08. The molecule has 0 amide bonds. The second-order valence-corrected chi connectivity index (χ2v) is 7.94. The molecule has 10 heteroatoms. The van der Waals surface area contributed by atoms with Crippen LogP contribution >= 0.6 is 0 Å². The fraction of sp³-hybridized carbons (Fsp3) is 0.789. The van der Waals surface area contributed by atoms with Gasteiger partial charge in [0.05, 0.1) is 26.4 Å². The highest BCUT2D eigenvalue weighted by atomic mass is 32.3. The van der Waals surface area contributed by atoms with Crippen LogP contribution in [0.4, 0.5) is 0 Å². The summed E-state index contributed by atoms with van der Waals surface area (Å²) in [5.74, 6) is -0.247. The number of ether oxygens (including phenoxy) is 2. The third-order valence-electron chi connectivity index (χ3n) is 3.66. The molecule has 0 unspecified atom stereocenters. The highest BCUT2D eigenvalue weighted by Crippen LogP contribution is 2.05. The van der Waals surface area contributed by atoms with E-state index >= 15 is 0 Å². The molecule has 0 aliphatic carbocycles. The monoisotopic (exact) mass is 436 g/mol. The van der Waals surface area contributed by atoms with E-state index in [1.54, 1.807) is 4.57 Å². The van der Waals surface area contributed by atoms with Crippen molar-refractivity contribution in [3.05, 3.63) is 18.7 Å². The Kier molecular flexibility index (Phi) is 15.5. The lowest BCUT2D eigenvalue weighted by Crippen LogP contribution is -2.24. The minimum absolute atomic E-state index is 0.0258. The summed E-state index contributed by atoms with van der Waals surface area (Å²) in [6.07, 6.45) is 11.9. The van der Waals surface area contributed by atoms with E-state index in [4.69, 9.17) is 9.47 Å². The lowest BCUT2D eigenvalue weighted by Gasteiger charge is -2.07. The third-order valence-corrected chi connectivity index (χ3v) is 4.11. The van der Waals surface area contributed by atoms with E-state index in [1.807, 2.05) is 44.2 Å². The van der Waals surface area contributed by atoms with Crippen LogP contribution in [0, 0.1) is 0 Å². The Hall–Kier alpha value is -1.49. The van der Waals surface area contributed by atoms with Gasteiger partial charge in [-0.2, -0.15) is 0 Å². The van der Waals surface area contributed by atoms with Crippen LogP contribution in [0.5, 0.6) is 0 Å². The minimum Gasteiger partial charge on any atom is -0.726 e. The Morgan fingerprint density at radius 3 is 2.31 bits per heavy atom. The Labute approximate surface area is 174 Å². The summed E-state index contributed by atoms with van der Waals surface area (Å²) < 4.78 is 47.9. The van der Waals surface area contributed by atoms with Gasteiger partial charge in [0.1, 0.15) is 19.0 Å². The maximum Gasteiger partial charge on any atom is 0.348 e. The molecule has 0 radical (unpaired) electrons. The molecule has 0 saturated carbocycles. The number of unbranched alkanes of at least 4 members (excludes halogenated alkanes) is 5. The third kappa shape index (κ3) is 19.6. The number of nitrogens with zero attached hydrogens (tertiary/aromatic N) is 2. The second kappa shape index (κ2) is 16.3. The molecule has 1 rings (SSSR count). The van der Waals surface area contributed by atoms with E-state index < -0.39 is 10.4 Å². The zero-order chi connectivity index (χ0) is 22.1. The van der Waals surface area contributed by atoms with Crippen molar-refractivity contribution in [2.45, 2.75) is 71.9 Å². The molecule has 0 atom stereocenters. The fourth-order valence-electron chi connectivity index (χ4n) is 2.27. The summed E-state index contributed by atoms with van der Waals surface area (Å²) in [7, 11) is -2.57. The fourth-order valence-corrected chi connectivity index (χ4v) is 2.59. The molecule has 0 N–H and O–H groups in total. The van der Waals surface area contributed by atoms with Gasteiger partial charge in [-0.05, 0) is 20.3 Å². The summed E-state index contributed by atoms with van der Waals surface area (Å²) >= 11 is 0. The van der Waals surface area contributed by atoms with E-state index in [1.165, 1.54) is 19.3 Å². The van der Waals surface area contributed by atoms with Crippen molar-refractivity contribution >= 4 is 16.4 Å². The molecule has 0 aromatic carbocycles. The number of aryl methyl sites for hydroxylation is 1. The quantitative estimate of drug-likeness (QED) is 0.144. The molecular weight excluding hydrogens is 400 g/mol. The number of carbonyl (C=O) groups excluding carboxylic acids is 1. The average Bonchev–Trinajstić information content (AvgIpc) is 3.02. The van der Waals surface area contributed by atoms with Gasteiger partial charge in [-0.15, -0.1) is 0 Å². The largest absolute Gasteiger partial charge is 0.726 e. The van der Waals surface area contributed by atoms with Crippen molar-refractivity contribution in [2.75, 3.05) is 19.8 Å². The first kappa shape index (κ1) is 27.5. The highest BCUT2D eigenvalue weighted by molar-refractivity contribution is 7.80. The molecule has 1 aromatic rings. The van der Waals surface area contributed by atoms with Gasteiger partial charge < -0.3 is 14.0 Å². The van der Waals surface area contributed by atoms with Crippen molar-refractivity contribution in [1.82, 2.24) is 4.57 Å². The first-order valence-electron chi connectivity index (χ1n) is 10.0. The minimum atomic E-state index is -4.47. The normalized spacial score (nSPS) is 11.2. The summed E-state index contributed by atoms with van der Waals surface area (Å²) in [5, 5.41) is 0. The first-order chi connectivity index (χ1) is 13.6. The van der Waals surface area contributed by atoms with E-state index in [0.717, 1.165) is 12.8 Å². The predicted octanol–water partition coefficient (Wildman–Crippen LogP) is 2.10. The standard InChI is InChI=1S/C11H19N2O3.C8H18O4S/c1-10(2)15-6-7-16-11(14)8-13-5-4-12(3)9-13;1-2-3-4-5-6-7-8-12-13(9,10)11/h4-5,9-10H,6-8H2,1-3H3;2-8H2,1H3,(H,9,10,11)/q+1;/p-1. The van der Waals surface area contributed by atoms with Crippen LogP contribution in [0.15, 0.2) is 18.7 Å². The summed E-state index contributed by atoms with van der Waals surface area (Å²) in [6.45, 7) is 7.05. The number of rotatable bonds is 14. The lowest BCUT2D eigenvalue weighted by molar-refractivity contribution is -0.671. The van der Waals surface area contributed by atoms with Crippen LogP contribution in [0.2, 0.25) is 0 Å². The molecule has 9 nitrogen and oxygen atoms in total. The van der Waals surface area contributed by atoms with Crippen molar-refractivity contribution in [2.24, 2.45) is 7.05 Å². The van der Waals surface area contributed by atoms with E-state index in [0.29, 0.717) is 19.6 Å². The molecule has 0 saturated heterocycles. The van der Waals surface area contributed by atoms with E-state index in [-0.39, 0.29) is 25.2 Å². The molecule has 0 bridgehead atoms. The van der Waals surface area contributed by atoms with Gasteiger partial charge in [-0.3, -0.25) is 4.18 Å². The maximum atomic E-state index is 11.4. The summed E-state index contributed by atoms with van der Waals surface area (Å²) in [5.41, 5.74) is 0. The van der Waals surface area contributed by atoms with Gasteiger partial charge in [-0.1, -0.05) is 39.0 Å². The predicted molar refractivity (Wildman–Crippen MR) is 107 cm³/mol. The zero-order valence-corrected chi connectivity index (χ0v) is 18.9. The van der Waals surface area contributed by atoms with Crippen LogP contribution in [0.1, 0.15) is 59.3 Å². The van der Waals surface area contributed by atoms with Crippen molar-refractivity contribution < 1.29 is 36.0 Å². The van der Waals surface area contributed by atoms with Gasteiger partial charge in [0.25, 0.3) is 0 Å². The van der Waals surface area contributed by atoms with Crippen LogP contribution in [0.3, 0.4) is 0 Å². The topological polar surface area (TPSA) is 111 Å². The Bertz CT molecular complexity index is 645. The maximum absolute atomic E-state index is 11.4. The summed E-state index contributed by atoms with van der Waals surface area (Å²) in [4.78, 5) is 11.4. The van der Waals surface area contributed by atoms with Crippen LogP contribution in [-0.4, -0.2) is 49.4 Å². The van der Waals surface area contributed by atoms with Crippen LogP contribution < -0.4 is 4.57 Å². The van der Waals surface area contributed by atoms with Gasteiger partial charge in [0.15, 0.2) is 6.54 Å². The number of carbonyl (C=O) groups is 1. The van der Waals surface area contributed by atoms with Gasteiger partial charge >= 0.3 is 5.97 Å². The van der Waals surface area contributed by atoms with Crippen LogP contribution in [-0.2, 0) is 42.4 Å². The number of hydrogen-bond acceptors (Lipinski definition) is 7. The van der Waals surface area contributed by atoms with Crippen molar-refractivity contribution in [3.8, 4) is 0 Å². The lowest BCUT2D eigenvalue weighted by atomic mass is 10.1. The molecule has 0 aliphatic heterocycles. The molecular formula is C19H36N2O7S. The molecule has 29 heavy (non-hydrogen) atoms. The van der Waals surface area contributed by atoms with Crippen molar-refractivity contribution in [3.63, 3.8) is 0 Å². The molecule has 0 spiro atoms. The Balaban J connectivity index is 0.000000555. The van der Waals surface area contributed by atoms with Crippen LogP contribution in [0.25, 0.3) is 0 Å². The molecule has 170 valence electrons. The number of imidazole rings is 1. The van der Waals surface area contributed by atoms with Gasteiger partial charge in [-0.25, -0.2) is 22.3 Å². The number of aromatic nitrogens is 2. The van der Waals surface area contributed by atoms with E-state index in [9.17, 15) is 17.8 Å². The molecule has 1 aromatic heterocycles. The summed E-state index contributed by atoms with van der Waals surface area (Å²) in [6, 6.07) is 0. The SMILES string of the molecule is CC(C)OCCOC(=O)Cn1cc[n+](C)c1.CCCCCCCCOS(=O)(=O)[O-]. The first-order valence-corrected chi connectivity index (χ1v) is 11.4. The van der Waals surface area contributed by atoms with Gasteiger partial charge in [0.2, 0.25) is 16.7 Å². The smallest absolute Gasteiger partial charge is 0.348 e. The van der Waals surface area contributed by atoms with Crippen molar-refractivity contribution in [1.29, 1.82) is 0 Å². The zero-order valence-electron chi connectivity index (χ0n) is 18.0. The average molecular weight is 437 g/mol. The second-order valence-electron chi connectivity index (χ2n) is 6.89. The number of esters is 1. The number of hydrogen-bond donors (Lipinski definition) is 0. The van der Waals surface area contributed by atoms with E-state index in [2.05, 4.69) is 11.1 Å². The molecule has 0 fully saturated rings. The van der Waals surface area contributed by atoms with Gasteiger partial charge in [0, 0.05) is 0 Å². The molecule has 0 aliphatic rings. The Morgan fingerprint density at radius 2 is 1.76 bits per heavy atom.